The fourth-order valence-electron chi connectivity index (χ4n) is 2.58. The molecule has 2 rings (SSSR count). The van der Waals surface area contributed by atoms with E-state index in [9.17, 15) is 9.59 Å². The molecule has 2 aromatic carbocycles. The fraction of sp³-hybridized carbons (Fsp3) is 0.375. The average Bonchev–Trinajstić information content (AvgIpc) is 2.76. The Morgan fingerprint density at radius 3 is 2.06 bits per heavy atom. The van der Waals surface area contributed by atoms with Crippen molar-refractivity contribution in [1.29, 1.82) is 0 Å². The fourth-order valence-corrected chi connectivity index (χ4v) is 2.73. The first-order chi connectivity index (χ1) is 15.2. The van der Waals surface area contributed by atoms with E-state index in [0.29, 0.717) is 35.5 Å². The van der Waals surface area contributed by atoms with Gasteiger partial charge in [0.2, 0.25) is 0 Å². The summed E-state index contributed by atoms with van der Waals surface area (Å²) in [5.74, 6) is 1.46. The predicted octanol–water partition coefficient (Wildman–Crippen LogP) is 3.95. The molecule has 0 saturated heterocycles. The summed E-state index contributed by atoms with van der Waals surface area (Å²) >= 11 is 5.05. The molecular weight excluding hydrogens is 426 g/mol. The minimum atomic E-state index is -0.433. The van der Waals surface area contributed by atoms with Crippen molar-refractivity contribution in [1.82, 2.24) is 16.2 Å². The lowest BCUT2D eigenvalue weighted by atomic mass is 10.0. The molecule has 0 aliphatic heterocycles. The van der Waals surface area contributed by atoms with E-state index < -0.39 is 11.8 Å². The SMILES string of the molecule is CC(C)CCOc1ccc(C(=O)NC(=S)NNC(=O)COc2ccc(C(C)C)cc2)cc1. The van der Waals surface area contributed by atoms with Crippen molar-refractivity contribution in [3.8, 4) is 11.5 Å². The molecule has 2 aromatic rings. The molecule has 32 heavy (non-hydrogen) atoms. The van der Waals surface area contributed by atoms with Crippen molar-refractivity contribution < 1.29 is 19.1 Å². The molecule has 0 aromatic heterocycles. The predicted molar refractivity (Wildman–Crippen MR) is 129 cm³/mol. The highest BCUT2D eigenvalue weighted by Gasteiger charge is 2.10. The average molecular weight is 458 g/mol. The lowest BCUT2D eigenvalue weighted by molar-refractivity contribution is -0.123. The van der Waals surface area contributed by atoms with Crippen molar-refractivity contribution in [3.05, 3.63) is 59.7 Å². The van der Waals surface area contributed by atoms with E-state index >= 15 is 0 Å². The number of nitrogens with one attached hydrogen (secondary N) is 3. The maximum absolute atomic E-state index is 12.3. The zero-order valence-electron chi connectivity index (χ0n) is 18.9. The highest BCUT2D eigenvalue weighted by Crippen LogP contribution is 2.18. The zero-order valence-corrected chi connectivity index (χ0v) is 19.8. The largest absolute Gasteiger partial charge is 0.494 e. The van der Waals surface area contributed by atoms with Gasteiger partial charge in [-0.3, -0.25) is 25.8 Å². The lowest BCUT2D eigenvalue weighted by Gasteiger charge is -2.12. The van der Waals surface area contributed by atoms with Gasteiger partial charge in [-0.15, -0.1) is 0 Å². The van der Waals surface area contributed by atoms with E-state index in [2.05, 4.69) is 43.9 Å². The van der Waals surface area contributed by atoms with Crippen molar-refractivity contribution in [2.45, 2.75) is 40.0 Å². The van der Waals surface area contributed by atoms with Gasteiger partial charge in [0, 0.05) is 5.56 Å². The molecule has 172 valence electrons. The molecule has 0 unspecified atom stereocenters. The summed E-state index contributed by atoms with van der Waals surface area (Å²) in [6.07, 6.45) is 0.962. The van der Waals surface area contributed by atoms with Gasteiger partial charge in [-0.25, -0.2) is 0 Å². The standard InChI is InChI=1S/C24H31N3O4S/c1-16(2)13-14-30-20-11-7-19(8-12-20)23(29)25-24(32)27-26-22(28)15-31-21-9-5-18(6-10-21)17(3)4/h5-12,16-17H,13-15H2,1-4H3,(H,26,28)(H2,25,27,29,32). The van der Waals surface area contributed by atoms with Crippen molar-refractivity contribution in [3.63, 3.8) is 0 Å². The first-order valence-electron chi connectivity index (χ1n) is 10.6. The van der Waals surface area contributed by atoms with Crippen molar-refractivity contribution in [2.75, 3.05) is 13.2 Å². The molecule has 0 atom stereocenters. The molecule has 0 spiro atoms. The van der Waals surface area contributed by atoms with Crippen LogP contribution >= 0.6 is 12.2 Å². The van der Waals surface area contributed by atoms with Gasteiger partial charge in [0.25, 0.3) is 11.8 Å². The van der Waals surface area contributed by atoms with Crippen LogP contribution in [0.4, 0.5) is 0 Å². The topological polar surface area (TPSA) is 88.7 Å². The number of amides is 2. The van der Waals surface area contributed by atoms with E-state index in [1.54, 1.807) is 24.3 Å². The summed E-state index contributed by atoms with van der Waals surface area (Å²) in [6, 6.07) is 14.3. The molecule has 2 amide bonds. The van der Waals surface area contributed by atoms with Crippen LogP contribution in [0, 0.1) is 5.92 Å². The van der Waals surface area contributed by atoms with Crippen LogP contribution in [-0.4, -0.2) is 30.1 Å². The molecule has 0 heterocycles. The molecule has 0 radical (unpaired) electrons. The quantitative estimate of drug-likeness (QED) is 0.390. The number of carbonyl (C=O) groups excluding carboxylic acids is 2. The monoisotopic (exact) mass is 457 g/mol. The van der Waals surface area contributed by atoms with E-state index in [4.69, 9.17) is 21.7 Å². The van der Waals surface area contributed by atoms with Crippen LogP contribution < -0.4 is 25.6 Å². The molecule has 3 N–H and O–H groups in total. The summed E-state index contributed by atoms with van der Waals surface area (Å²) < 4.78 is 11.1. The van der Waals surface area contributed by atoms with Crippen LogP contribution in [0.15, 0.2) is 48.5 Å². The minimum absolute atomic E-state index is 0.0260. The van der Waals surface area contributed by atoms with Gasteiger partial charge in [-0.1, -0.05) is 39.8 Å². The Kier molecular flexibility index (Phi) is 9.94. The number of thiocarbonyl (C=S) groups is 1. The second-order valence-electron chi connectivity index (χ2n) is 8.02. The number of hydrogen-bond acceptors (Lipinski definition) is 5. The number of hydrazine groups is 1. The Morgan fingerprint density at radius 2 is 1.47 bits per heavy atom. The van der Waals surface area contributed by atoms with Gasteiger partial charge in [-0.2, -0.15) is 0 Å². The summed E-state index contributed by atoms with van der Waals surface area (Å²) in [7, 11) is 0. The number of rotatable bonds is 9. The van der Waals surface area contributed by atoms with Crippen LogP contribution in [0.2, 0.25) is 0 Å². The molecule has 0 aliphatic carbocycles. The second kappa shape index (κ2) is 12.7. The summed E-state index contributed by atoms with van der Waals surface area (Å²) in [5.41, 5.74) is 6.49. The van der Waals surface area contributed by atoms with Crippen molar-refractivity contribution in [2.24, 2.45) is 5.92 Å². The number of carbonyl (C=O) groups is 2. The minimum Gasteiger partial charge on any atom is -0.494 e. The molecule has 7 nitrogen and oxygen atoms in total. The van der Waals surface area contributed by atoms with E-state index in [1.807, 2.05) is 24.3 Å². The summed E-state index contributed by atoms with van der Waals surface area (Å²) in [6.45, 7) is 8.92. The molecule has 0 bridgehead atoms. The Labute approximate surface area is 194 Å². The van der Waals surface area contributed by atoms with Crippen LogP contribution in [0.5, 0.6) is 11.5 Å². The first-order valence-corrected chi connectivity index (χ1v) is 11.0. The zero-order chi connectivity index (χ0) is 23.5. The number of ether oxygens (including phenoxy) is 2. The molecule has 0 saturated carbocycles. The summed E-state index contributed by atoms with van der Waals surface area (Å²) in [4.78, 5) is 24.2. The molecular formula is C24H31N3O4S. The van der Waals surface area contributed by atoms with E-state index in [1.165, 1.54) is 5.56 Å². The third-order valence-corrected chi connectivity index (χ3v) is 4.74. The Balaban J connectivity index is 1.70. The molecule has 0 fully saturated rings. The van der Waals surface area contributed by atoms with Crippen LogP contribution in [0.25, 0.3) is 0 Å². The summed E-state index contributed by atoms with van der Waals surface area (Å²) in [5, 5.41) is 2.48. The third kappa shape index (κ3) is 8.93. The van der Waals surface area contributed by atoms with Crippen LogP contribution in [-0.2, 0) is 4.79 Å². The van der Waals surface area contributed by atoms with Gasteiger partial charge in [0.1, 0.15) is 11.5 Å². The van der Waals surface area contributed by atoms with E-state index in [0.717, 1.165) is 6.42 Å². The Hall–Kier alpha value is -3.13. The smallest absolute Gasteiger partial charge is 0.276 e. The number of hydrogen-bond donors (Lipinski definition) is 3. The van der Waals surface area contributed by atoms with E-state index in [-0.39, 0.29) is 11.7 Å². The van der Waals surface area contributed by atoms with Gasteiger partial charge >= 0.3 is 0 Å². The van der Waals surface area contributed by atoms with Gasteiger partial charge < -0.3 is 9.47 Å². The van der Waals surface area contributed by atoms with Crippen LogP contribution in [0.1, 0.15) is 56.0 Å². The maximum atomic E-state index is 12.3. The van der Waals surface area contributed by atoms with Gasteiger partial charge in [0.15, 0.2) is 11.7 Å². The lowest BCUT2D eigenvalue weighted by Crippen LogP contribution is -2.49. The second-order valence-corrected chi connectivity index (χ2v) is 8.43. The molecule has 0 aliphatic rings. The third-order valence-electron chi connectivity index (χ3n) is 4.54. The highest BCUT2D eigenvalue weighted by molar-refractivity contribution is 7.80. The maximum Gasteiger partial charge on any atom is 0.276 e. The normalized spacial score (nSPS) is 10.6. The first kappa shape index (κ1) is 25.1. The van der Waals surface area contributed by atoms with Gasteiger partial charge in [-0.05, 0) is 72.4 Å². The van der Waals surface area contributed by atoms with Crippen LogP contribution in [0.3, 0.4) is 0 Å². The molecule has 8 heteroatoms. The number of benzene rings is 2. The highest BCUT2D eigenvalue weighted by atomic mass is 32.1. The Morgan fingerprint density at radius 1 is 0.875 bits per heavy atom. The Bertz CT molecular complexity index is 896. The van der Waals surface area contributed by atoms with Crippen molar-refractivity contribution >= 4 is 29.1 Å². The van der Waals surface area contributed by atoms with Gasteiger partial charge in [0.05, 0.1) is 6.61 Å².